The monoisotopic (exact) mass is 332 g/mol. The molecular weight excluding hydrogens is 308 g/mol. The molecule has 0 spiro atoms. The Morgan fingerprint density at radius 3 is 1.54 bits per heavy atom. The Labute approximate surface area is 141 Å². The minimum atomic E-state index is -1.12. The highest BCUT2D eigenvalue weighted by molar-refractivity contribution is 5.82. The average Bonchev–Trinajstić information content (AvgIpc) is 2.51. The van der Waals surface area contributed by atoms with Crippen molar-refractivity contribution < 1.29 is 20.1 Å². The molecule has 0 radical (unpaired) electrons. The molecule has 0 aliphatic heterocycles. The van der Waals surface area contributed by atoms with E-state index >= 15 is 0 Å². The van der Waals surface area contributed by atoms with Crippen molar-refractivity contribution in [2.24, 2.45) is 11.5 Å². The van der Waals surface area contributed by atoms with Gasteiger partial charge in [-0.15, -0.1) is 0 Å². The van der Waals surface area contributed by atoms with Crippen LogP contribution in [-0.4, -0.2) is 34.4 Å². The van der Waals surface area contributed by atoms with Gasteiger partial charge in [0.25, 0.3) is 0 Å². The molecule has 0 aliphatic carbocycles. The maximum Gasteiger partial charge on any atom is 0.315 e. The largest absolute Gasteiger partial charge is 0.508 e. The molecule has 7 N–H and O–H groups in total. The number of carbonyl (C=O) groups is 1. The highest BCUT2D eigenvalue weighted by atomic mass is 16.4. The summed E-state index contributed by atoms with van der Waals surface area (Å²) < 4.78 is 0. The van der Waals surface area contributed by atoms with E-state index in [1.54, 1.807) is 24.3 Å². The second-order valence-corrected chi connectivity index (χ2v) is 5.47. The van der Waals surface area contributed by atoms with E-state index in [4.69, 9.17) is 11.5 Å². The predicted molar refractivity (Wildman–Crippen MR) is 93.3 cm³/mol. The lowest BCUT2D eigenvalue weighted by Crippen LogP contribution is -2.13. The van der Waals surface area contributed by atoms with Crippen LogP contribution in [0.2, 0.25) is 0 Å². The third-order valence-electron chi connectivity index (χ3n) is 3.41. The summed E-state index contributed by atoms with van der Waals surface area (Å²) in [7, 11) is 0. The fraction of sp³-hybridized carbons (Fsp3) is 0.278. The van der Waals surface area contributed by atoms with Gasteiger partial charge in [-0.05, 0) is 37.1 Å². The highest BCUT2D eigenvalue weighted by Crippen LogP contribution is 2.36. The van der Waals surface area contributed by atoms with Gasteiger partial charge >= 0.3 is 5.97 Å². The molecular formula is C18H24N2O4. The van der Waals surface area contributed by atoms with Gasteiger partial charge in [0.15, 0.2) is 0 Å². The molecule has 0 bridgehead atoms. The van der Waals surface area contributed by atoms with E-state index < -0.39 is 11.9 Å². The van der Waals surface area contributed by atoms with Crippen molar-refractivity contribution in [3.63, 3.8) is 0 Å². The maximum atomic E-state index is 11.6. The smallest absolute Gasteiger partial charge is 0.315 e. The normalized spacial score (nSPS) is 10.2. The van der Waals surface area contributed by atoms with E-state index in [1.165, 1.54) is 12.1 Å². The lowest BCUT2D eigenvalue weighted by molar-refractivity contribution is -0.137. The molecule has 24 heavy (non-hydrogen) atoms. The first-order valence-electron chi connectivity index (χ1n) is 7.53. The van der Waals surface area contributed by atoms with Crippen LogP contribution in [0.25, 0.3) is 0 Å². The van der Waals surface area contributed by atoms with Gasteiger partial charge in [-0.1, -0.05) is 24.3 Å². The first-order valence-corrected chi connectivity index (χ1v) is 7.53. The highest BCUT2D eigenvalue weighted by Gasteiger charge is 2.27. The molecule has 0 atom stereocenters. The number of carboxylic acids is 1. The summed E-state index contributed by atoms with van der Waals surface area (Å²) in [6.07, 6.45) is 0. The van der Waals surface area contributed by atoms with E-state index in [0.717, 1.165) is 11.1 Å². The van der Waals surface area contributed by atoms with Gasteiger partial charge < -0.3 is 26.8 Å². The van der Waals surface area contributed by atoms with E-state index in [2.05, 4.69) is 0 Å². The molecule has 2 aromatic carbocycles. The number of carboxylic acid groups (broad SMARTS) is 1. The standard InChI is InChI=1S/C16H16O4.C2H8N2/c1-9-3-5-11(13(17)7-9)15(16(19)20)12-6-4-10(2)8-14(12)18;3-1-2-4/h3-8,15,17-18H,1-2H3,(H,19,20);1-4H2. The van der Waals surface area contributed by atoms with Crippen LogP contribution >= 0.6 is 0 Å². The van der Waals surface area contributed by atoms with Crippen molar-refractivity contribution in [3.8, 4) is 11.5 Å². The third-order valence-corrected chi connectivity index (χ3v) is 3.41. The Morgan fingerprint density at radius 2 is 1.29 bits per heavy atom. The number of nitrogens with two attached hydrogens (primary N) is 2. The second-order valence-electron chi connectivity index (χ2n) is 5.47. The van der Waals surface area contributed by atoms with Crippen LogP contribution in [-0.2, 0) is 4.79 Å². The first-order chi connectivity index (χ1) is 11.3. The quantitative estimate of drug-likeness (QED) is 0.581. The van der Waals surface area contributed by atoms with Crippen LogP contribution < -0.4 is 11.5 Å². The van der Waals surface area contributed by atoms with Crippen LogP contribution in [0.5, 0.6) is 11.5 Å². The van der Waals surface area contributed by atoms with Gasteiger partial charge in [-0.3, -0.25) is 4.79 Å². The predicted octanol–water partition coefficient (Wildman–Crippen LogP) is 1.83. The first kappa shape index (κ1) is 19.5. The number of aliphatic carboxylic acids is 1. The van der Waals surface area contributed by atoms with Gasteiger partial charge in [0.2, 0.25) is 0 Å². The molecule has 0 amide bonds. The summed E-state index contributed by atoms with van der Waals surface area (Å²) in [6.45, 7) is 4.81. The lowest BCUT2D eigenvalue weighted by Gasteiger charge is -2.16. The molecule has 6 nitrogen and oxygen atoms in total. The number of hydrogen-bond donors (Lipinski definition) is 5. The Kier molecular flexibility index (Phi) is 7.23. The maximum absolute atomic E-state index is 11.6. The Bertz CT molecular complexity index is 648. The Balaban J connectivity index is 0.000000648. The fourth-order valence-electron chi connectivity index (χ4n) is 2.23. The molecule has 6 heteroatoms. The molecule has 0 aliphatic rings. The molecule has 0 aromatic heterocycles. The molecule has 0 heterocycles. The zero-order valence-electron chi connectivity index (χ0n) is 13.9. The fourth-order valence-corrected chi connectivity index (χ4v) is 2.23. The molecule has 0 unspecified atom stereocenters. The summed E-state index contributed by atoms with van der Waals surface area (Å²) in [5.74, 6) is -2.39. The van der Waals surface area contributed by atoms with Crippen molar-refractivity contribution in [3.05, 3.63) is 58.7 Å². The summed E-state index contributed by atoms with van der Waals surface area (Å²) >= 11 is 0. The molecule has 0 saturated heterocycles. The Hall–Kier alpha value is -2.57. The number of benzene rings is 2. The van der Waals surface area contributed by atoms with Crippen LogP contribution in [0.1, 0.15) is 28.2 Å². The van der Waals surface area contributed by atoms with Crippen molar-refractivity contribution >= 4 is 5.97 Å². The van der Waals surface area contributed by atoms with Gasteiger partial charge in [0.1, 0.15) is 17.4 Å². The molecule has 130 valence electrons. The summed E-state index contributed by atoms with van der Waals surface area (Å²) in [5.41, 5.74) is 12.0. The van der Waals surface area contributed by atoms with Crippen molar-refractivity contribution in [2.45, 2.75) is 19.8 Å². The molecule has 0 fully saturated rings. The van der Waals surface area contributed by atoms with E-state index in [9.17, 15) is 20.1 Å². The summed E-state index contributed by atoms with van der Waals surface area (Å²) in [4.78, 5) is 11.6. The number of hydrogen-bond acceptors (Lipinski definition) is 5. The SMILES string of the molecule is Cc1ccc(C(C(=O)O)c2ccc(C)cc2O)c(O)c1.NCCN. The lowest BCUT2D eigenvalue weighted by atomic mass is 9.89. The van der Waals surface area contributed by atoms with Gasteiger partial charge in [-0.25, -0.2) is 0 Å². The Morgan fingerprint density at radius 1 is 0.917 bits per heavy atom. The van der Waals surface area contributed by atoms with Gasteiger partial charge in [0, 0.05) is 24.2 Å². The third kappa shape index (κ3) is 4.97. The van der Waals surface area contributed by atoms with Crippen LogP contribution in [0.4, 0.5) is 0 Å². The van der Waals surface area contributed by atoms with Crippen LogP contribution in [0, 0.1) is 13.8 Å². The average molecular weight is 332 g/mol. The minimum absolute atomic E-state index is 0.0858. The van der Waals surface area contributed by atoms with E-state index in [1.807, 2.05) is 13.8 Å². The van der Waals surface area contributed by atoms with E-state index in [0.29, 0.717) is 13.1 Å². The van der Waals surface area contributed by atoms with Gasteiger partial charge in [-0.2, -0.15) is 0 Å². The number of phenols is 2. The molecule has 2 rings (SSSR count). The number of aromatic hydroxyl groups is 2. The second kappa shape index (κ2) is 8.90. The summed E-state index contributed by atoms with van der Waals surface area (Å²) in [5, 5.41) is 29.4. The minimum Gasteiger partial charge on any atom is -0.508 e. The van der Waals surface area contributed by atoms with Crippen LogP contribution in [0.15, 0.2) is 36.4 Å². The van der Waals surface area contributed by atoms with Crippen molar-refractivity contribution in [1.29, 1.82) is 0 Å². The number of aryl methyl sites for hydroxylation is 2. The number of phenolic OH excluding ortho intramolecular Hbond substituents is 2. The molecule has 2 aromatic rings. The zero-order chi connectivity index (χ0) is 18.3. The topological polar surface area (TPSA) is 130 Å². The van der Waals surface area contributed by atoms with E-state index in [-0.39, 0.29) is 22.6 Å². The molecule has 0 saturated carbocycles. The van der Waals surface area contributed by atoms with Crippen molar-refractivity contribution in [1.82, 2.24) is 0 Å². The van der Waals surface area contributed by atoms with Crippen molar-refractivity contribution in [2.75, 3.05) is 13.1 Å². The number of rotatable bonds is 4. The summed E-state index contributed by atoms with van der Waals surface area (Å²) in [6, 6.07) is 9.63. The zero-order valence-corrected chi connectivity index (χ0v) is 13.9. The van der Waals surface area contributed by atoms with Crippen LogP contribution in [0.3, 0.4) is 0 Å². The van der Waals surface area contributed by atoms with Gasteiger partial charge in [0.05, 0.1) is 0 Å².